The molecule has 1 N–H and O–H groups in total. The molecule has 3 aromatic rings. The molecule has 2 unspecified atom stereocenters. The van der Waals surface area contributed by atoms with Gasteiger partial charge >= 0.3 is 0 Å². The molecule has 0 saturated heterocycles. The summed E-state index contributed by atoms with van der Waals surface area (Å²) in [7, 11) is 0. The van der Waals surface area contributed by atoms with E-state index in [0.717, 1.165) is 12.0 Å². The standard InChI is InChI=1S/C17H13FN2O2S/c18-11-5-3-10(4-6-11)14-9-16(22-20-14)19-17(21)13-8-12(13)15-2-1-7-23-15/h1-7,9,12-13H,8H2,(H,19,21). The second kappa shape index (κ2) is 5.62. The number of benzene rings is 1. The minimum Gasteiger partial charge on any atom is -0.338 e. The number of nitrogens with one attached hydrogen (secondary N) is 1. The Morgan fingerprint density at radius 3 is 2.87 bits per heavy atom. The molecule has 1 aliphatic rings. The maximum atomic E-state index is 12.9. The van der Waals surface area contributed by atoms with Gasteiger partial charge in [-0.05, 0) is 42.1 Å². The first-order valence-corrected chi connectivity index (χ1v) is 8.15. The molecule has 4 nitrogen and oxygen atoms in total. The number of aromatic nitrogens is 1. The molecule has 23 heavy (non-hydrogen) atoms. The Bertz CT molecular complexity index is 827. The van der Waals surface area contributed by atoms with Gasteiger partial charge in [0.15, 0.2) is 0 Å². The van der Waals surface area contributed by atoms with E-state index in [4.69, 9.17) is 4.52 Å². The van der Waals surface area contributed by atoms with Gasteiger partial charge in [0.25, 0.3) is 0 Å². The molecule has 4 rings (SSSR count). The predicted molar refractivity (Wildman–Crippen MR) is 85.7 cm³/mol. The van der Waals surface area contributed by atoms with Gasteiger partial charge in [0, 0.05) is 28.3 Å². The van der Waals surface area contributed by atoms with Crippen LogP contribution in [0.25, 0.3) is 11.3 Å². The maximum Gasteiger partial charge on any atom is 0.231 e. The van der Waals surface area contributed by atoms with Gasteiger partial charge in [-0.2, -0.15) is 0 Å². The second-order valence-corrected chi connectivity index (χ2v) is 6.52. The SMILES string of the molecule is O=C(Nc1cc(-c2ccc(F)cc2)no1)C1CC1c1cccs1. The molecule has 2 heterocycles. The van der Waals surface area contributed by atoms with Gasteiger partial charge in [0.05, 0.1) is 0 Å². The Labute approximate surface area is 135 Å². The van der Waals surface area contributed by atoms with E-state index in [1.807, 2.05) is 11.4 Å². The van der Waals surface area contributed by atoms with Gasteiger partial charge < -0.3 is 4.52 Å². The van der Waals surface area contributed by atoms with Gasteiger partial charge in [0.1, 0.15) is 11.5 Å². The third kappa shape index (κ3) is 2.90. The average Bonchev–Trinajstić information content (AvgIpc) is 2.97. The van der Waals surface area contributed by atoms with Crippen molar-refractivity contribution in [2.45, 2.75) is 12.3 Å². The van der Waals surface area contributed by atoms with Crippen LogP contribution >= 0.6 is 11.3 Å². The molecule has 0 spiro atoms. The van der Waals surface area contributed by atoms with Gasteiger partial charge in [-0.25, -0.2) is 4.39 Å². The van der Waals surface area contributed by atoms with E-state index >= 15 is 0 Å². The molecule has 116 valence electrons. The fraction of sp³-hybridized carbons (Fsp3) is 0.176. The first-order valence-electron chi connectivity index (χ1n) is 7.27. The van der Waals surface area contributed by atoms with Crippen LogP contribution in [0.1, 0.15) is 17.2 Å². The van der Waals surface area contributed by atoms with Gasteiger partial charge in [-0.15, -0.1) is 11.3 Å². The normalized spacial score (nSPS) is 19.5. The van der Waals surface area contributed by atoms with Crippen molar-refractivity contribution < 1.29 is 13.7 Å². The lowest BCUT2D eigenvalue weighted by molar-refractivity contribution is -0.117. The van der Waals surface area contributed by atoms with Crippen LogP contribution in [0.4, 0.5) is 10.3 Å². The smallest absolute Gasteiger partial charge is 0.231 e. The Kier molecular flexibility index (Phi) is 3.46. The highest BCUT2D eigenvalue weighted by Crippen LogP contribution is 2.49. The van der Waals surface area contributed by atoms with Crippen molar-refractivity contribution in [1.82, 2.24) is 5.16 Å². The highest BCUT2D eigenvalue weighted by atomic mass is 32.1. The van der Waals surface area contributed by atoms with Crippen LogP contribution in [0.15, 0.2) is 52.4 Å². The van der Waals surface area contributed by atoms with Crippen molar-refractivity contribution >= 4 is 23.1 Å². The average molecular weight is 328 g/mol. The number of nitrogens with zero attached hydrogens (tertiary/aromatic N) is 1. The third-order valence-corrected chi connectivity index (χ3v) is 4.94. The van der Waals surface area contributed by atoms with Crippen LogP contribution in [0, 0.1) is 11.7 Å². The number of halogens is 1. The van der Waals surface area contributed by atoms with Gasteiger partial charge in [-0.3, -0.25) is 10.1 Å². The summed E-state index contributed by atoms with van der Waals surface area (Å²) in [6.45, 7) is 0. The van der Waals surface area contributed by atoms with Crippen LogP contribution in [-0.4, -0.2) is 11.1 Å². The molecule has 0 aliphatic heterocycles. The summed E-state index contributed by atoms with van der Waals surface area (Å²) in [5.41, 5.74) is 1.30. The van der Waals surface area contributed by atoms with E-state index in [2.05, 4.69) is 16.5 Å². The van der Waals surface area contributed by atoms with Crippen LogP contribution in [0.3, 0.4) is 0 Å². The molecule has 2 aromatic heterocycles. The number of hydrogen-bond donors (Lipinski definition) is 1. The predicted octanol–water partition coefficient (Wildman–Crippen LogP) is 4.28. The zero-order valence-corrected chi connectivity index (χ0v) is 12.8. The van der Waals surface area contributed by atoms with E-state index < -0.39 is 0 Å². The highest BCUT2D eigenvalue weighted by molar-refractivity contribution is 7.10. The fourth-order valence-corrected chi connectivity index (χ4v) is 3.51. The van der Waals surface area contributed by atoms with E-state index in [0.29, 0.717) is 17.5 Å². The summed E-state index contributed by atoms with van der Waals surface area (Å²) in [5, 5.41) is 8.69. The highest BCUT2D eigenvalue weighted by Gasteiger charge is 2.44. The first-order chi connectivity index (χ1) is 11.2. The van der Waals surface area contributed by atoms with E-state index in [9.17, 15) is 9.18 Å². The molecular weight excluding hydrogens is 315 g/mol. The Balaban J connectivity index is 1.42. The Hall–Kier alpha value is -2.47. The summed E-state index contributed by atoms with van der Waals surface area (Å²) >= 11 is 1.68. The monoisotopic (exact) mass is 328 g/mol. The Morgan fingerprint density at radius 2 is 2.13 bits per heavy atom. The van der Waals surface area contributed by atoms with E-state index in [1.54, 1.807) is 29.5 Å². The number of amides is 1. The van der Waals surface area contributed by atoms with Crippen molar-refractivity contribution in [2.75, 3.05) is 5.32 Å². The van der Waals surface area contributed by atoms with Gasteiger partial charge in [0.2, 0.25) is 11.8 Å². The molecule has 1 aliphatic carbocycles. The van der Waals surface area contributed by atoms with Gasteiger partial charge in [-0.1, -0.05) is 11.2 Å². The van der Waals surface area contributed by atoms with Crippen LogP contribution in [0.5, 0.6) is 0 Å². The van der Waals surface area contributed by atoms with Crippen molar-refractivity contribution in [3.05, 3.63) is 58.5 Å². The number of anilines is 1. The first kappa shape index (κ1) is 14.1. The molecule has 2 atom stereocenters. The summed E-state index contributed by atoms with van der Waals surface area (Å²) in [6.07, 6.45) is 0.866. The van der Waals surface area contributed by atoms with E-state index in [-0.39, 0.29) is 17.6 Å². The molecule has 1 amide bonds. The van der Waals surface area contributed by atoms with E-state index in [1.165, 1.54) is 17.0 Å². The summed E-state index contributed by atoms with van der Waals surface area (Å²) < 4.78 is 18.1. The van der Waals surface area contributed by atoms with Crippen LogP contribution in [0.2, 0.25) is 0 Å². The molecular formula is C17H13FN2O2S. The zero-order chi connectivity index (χ0) is 15.8. The number of hydrogen-bond acceptors (Lipinski definition) is 4. The molecule has 6 heteroatoms. The lowest BCUT2D eigenvalue weighted by Crippen LogP contribution is -2.13. The fourth-order valence-electron chi connectivity index (χ4n) is 2.61. The van der Waals surface area contributed by atoms with Crippen molar-refractivity contribution in [3.63, 3.8) is 0 Å². The molecule has 1 saturated carbocycles. The largest absolute Gasteiger partial charge is 0.338 e. The number of thiophene rings is 1. The maximum absolute atomic E-state index is 12.9. The van der Waals surface area contributed by atoms with Crippen molar-refractivity contribution in [3.8, 4) is 11.3 Å². The number of rotatable bonds is 4. The molecule has 0 bridgehead atoms. The summed E-state index contributed by atoms with van der Waals surface area (Å²) in [4.78, 5) is 13.5. The molecule has 1 aromatic carbocycles. The zero-order valence-electron chi connectivity index (χ0n) is 12.0. The third-order valence-electron chi connectivity index (χ3n) is 3.93. The topological polar surface area (TPSA) is 55.1 Å². The quantitative estimate of drug-likeness (QED) is 0.777. The second-order valence-electron chi connectivity index (χ2n) is 5.54. The lowest BCUT2D eigenvalue weighted by Gasteiger charge is -1.99. The minimum atomic E-state index is -0.306. The Morgan fingerprint density at radius 1 is 1.30 bits per heavy atom. The molecule has 0 radical (unpaired) electrons. The lowest BCUT2D eigenvalue weighted by atomic mass is 10.1. The number of carbonyl (C=O) groups excluding carboxylic acids is 1. The molecule has 1 fully saturated rings. The minimum absolute atomic E-state index is 0.00646. The van der Waals surface area contributed by atoms with Crippen LogP contribution < -0.4 is 5.32 Å². The van der Waals surface area contributed by atoms with Crippen molar-refractivity contribution in [2.24, 2.45) is 5.92 Å². The van der Waals surface area contributed by atoms with Crippen molar-refractivity contribution in [1.29, 1.82) is 0 Å². The summed E-state index contributed by atoms with van der Waals surface area (Å²) in [5.74, 6) is 0.262. The number of carbonyl (C=O) groups is 1. The summed E-state index contributed by atoms with van der Waals surface area (Å²) in [6, 6.07) is 11.7. The van der Waals surface area contributed by atoms with Crippen LogP contribution in [-0.2, 0) is 4.79 Å².